The van der Waals surface area contributed by atoms with Gasteiger partial charge in [-0.3, -0.25) is 14.5 Å². The Morgan fingerprint density at radius 2 is 1.84 bits per heavy atom. The minimum absolute atomic E-state index is 0.0408. The quantitative estimate of drug-likeness (QED) is 0.303. The van der Waals surface area contributed by atoms with Gasteiger partial charge >= 0.3 is 0 Å². The molecule has 0 N–H and O–H groups in total. The van der Waals surface area contributed by atoms with Crippen molar-refractivity contribution < 1.29 is 23.8 Å². The maximum absolute atomic E-state index is 12.9. The monoisotopic (exact) mass is 426 g/mol. The summed E-state index contributed by atoms with van der Waals surface area (Å²) >= 11 is 0. The lowest BCUT2D eigenvalue weighted by atomic mass is 9.93. The zero-order valence-electron chi connectivity index (χ0n) is 18.7. The van der Waals surface area contributed by atoms with Crippen LogP contribution in [0.4, 0.5) is 0 Å². The molecule has 0 radical (unpaired) electrons. The van der Waals surface area contributed by atoms with E-state index >= 15 is 0 Å². The molecule has 166 valence electrons. The van der Waals surface area contributed by atoms with Gasteiger partial charge in [-0.05, 0) is 42.7 Å². The SMILES string of the molecule is CCCCCCOc1ccc(/C=C2/C(=O)N(CCOC)C(=O)C(C#N)=C2C)cc1OC. The van der Waals surface area contributed by atoms with Crippen molar-refractivity contribution >= 4 is 17.9 Å². The van der Waals surface area contributed by atoms with Gasteiger partial charge in [-0.2, -0.15) is 5.26 Å². The molecule has 1 aliphatic rings. The number of amides is 2. The highest BCUT2D eigenvalue weighted by molar-refractivity contribution is 6.19. The van der Waals surface area contributed by atoms with Crippen LogP contribution in [0.2, 0.25) is 0 Å². The molecule has 0 saturated heterocycles. The Balaban J connectivity index is 2.31. The Hall–Kier alpha value is -3.11. The van der Waals surface area contributed by atoms with E-state index in [0.29, 0.717) is 34.8 Å². The Morgan fingerprint density at radius 3 is 2.48 bits per heavy atom. The summed E-state index contributed by atoms with van der Waals surface area (Å²) in [4.78, 5) is 26.5. The van der Waals surface area contributed by atoms with E-state index in [0.717, 1.165) is 17.7 Å². The summed E-state index contributed by atoms with van der Waals surface area (Å²) in [6.07, 6.45) is 6.11. The van der Waals surface area contributed by atoms with Crippen LogP contribution in [-0.4, -0.2) is 50.7 Å². The van der Waals surface area contributed by atoms with Crippen molar-refractivity contribution in [2.24, 2.45) is 0 Å². The average molecular weight is 427 g/mol. The molecule has 1 aliphatic heterocycles. The topological polar surface area (TPSA) is 88.9 Å². The molecule has 0 spiro atoms. The molecule has 0 saturated carbocycles. The molecule has 2 rings (SSSR count). The molecule has 7 heteroatoms. The molecule has 31 heavy (non-hydrogen) atoms. The van der Waals surface area contributed by atoms with Crippen molar-refractivity contribution in [2.75, 3.05) is 34.0 Å². The predicted octanol–water partition coefficient (Wildman–Crippen LogP) is 3.89. The minimum atomic E-state index is -0.594. The van der Waals surface area contributed by atoms with E-state index in [1.54, 1.807) is 32.2 Å². The predicted molar refractivity (Wildman–Crippen MR) is 118 cm³/mol. The van der Waals surface area contributed by atoms with Gasteiger partial charge in [-0.1, -0.05) is 32.3 Å². The Kier molecular flexibility index (Phi) is 9.29. The summed E-state index contributed by atoms with van der Waals surface area (Å²) in [5.74, 6) is 0.151. The largest absolute Gasteiger partial charge is 0.493 e. The first-order valence-electron chi connectivity index (χ1n) is 10.5. The number of nitrogens with zero attached hydrogens (tertiary/aromatic N) is 2. The lowest BCUT2D eigenvalue weighted by Gasteiger charge is -2.27. The Bertz CT molecular complexity index is 911. The van der Waals surface area contributed by atoms with Crippen molar-refractivity contribution in [3.05, 3.63) is 40.5 Å². The number of unbranched alkanes of at least 4 members (excludes halogenated alkanes) is 3. The highest BCUT2D eigenvalue weighted by atomic mass is 16.5. The van der Waals surface area contributed by atoms with Gasteiger partial charge in [0.15, 0.2) is 11.5 Å². The summed E-state index contributed by atoms with van der Waals surface area (Å²) in [6.45, 7) is 4.66. The second-order valence-corrected chi connectivity index (χ2v) is 7.24. The van der Waals surface area contributed by atoms with Gasteiger partial charge in [0.2, 0.25) is 0 Å². The van der Waals surface area contributed by atoms with Crippen molar-refractivity contribution in [1.82, 2.24) is 4.90 Å². The van der Waals surface area contributed by atoms with Crippen LogP contribution in [0.1, 0.15) is 45.1 Å². The van der Waals surface area contributed by atoms with E-state index in [4.69, 9.17) is 14.2 Å². The average Bonchev–Trinajstić information content (AvgIpc) is 2.77. The zero-order chi connectivity index (χ0) is 22.8. The van der Waals surface area contributed by atoms with Crippen molar-refractivity contribution in [3.8, 4) is 17.6 Å². The highest BCUT2D eigenvalue weighted by Crippen LogP contribution is 2.31. The standard InChI is InChI=1S/C24H30N2O5/c1-5-6-7-8-12-31-21-10-9-18(15-22(21)30-4)14-19-17(2)20(16-25)24(28)26(23(19)27)11-13-29-3/h9-10,14-15H,5-8,11-13H2,1-4H3/b19-14+. The van der Waals surface area contributed by atoms with Crippen molar-refractivity contribution in [2.45, 2.75) is 39.5 Å². The first-order valence-corrected chi connectivity index (χ1v) is 10.5. The van der Waals surface area contributed by atoms with Crippen LogP contribution in [-0.2, 0) is 14.3 Å². The first kappa shape index (κ1) is 24.2. The lowest BCUT2D eigenvalue weighted by Crippen LogP contribution is -2.44. The number of benzene rings is 1. The zero-order valence-corrected chi connectivity index (χ0v) is 18.7. The van der Waals surface area contributed by atoms with Crippen LogP contribution in [0.3, 0.4) is 0 Å². The summed E-state index contributed by atoms with van der Waals surface area (Å²) in [7, 11) is 3.05. The van der Waals surface area contributed by atoms with Gasteiger partial charge in [0.25, 0.3) is 11.8 Å². The maximum atomic E-state index is 12.9. The second-order valence-electron chi connectivity index (χ2n) is 7.24. The van der Waals surface area contributed by atoms with E-state index in [1.807, 2.05) is 12.1 Å². The number of imide groups is 1. The molecular weight excluding hydrogens is 396 g/mol. The summed E-state index contributed by atoms with van der Waals surface area (Å²) in [5.41, 5.74) is 1.32. The summed E-state index contributed by atoms with van der Waals surface area (Å²) < 4.78 is 16.3. The normalized spacial score (nSPS) is 15.5. The molecule has 1 aromatic rings. The van der Waals surface area contributed by atoms with Crippen LogP contribution < -0.4 is 9.47 Å². The van der Waals surface area contributed by atoms with E-state index in [2.05, 4.69) is 6.92 Å². The molecule has 0 unspecified atom stereocenters. The lowest BCUT2D eigenvalue weighted by molar-refractivity contribution is -0.141. The van der Waals surface area contributed by atoms with E-state index in [1.165, 1.54) is 20.0 Å². The van der Waals surface area contributed by atoms with Crippen LogP contribution in [0, 0.1) is 11.3 Å². The fraction of sp³-hybridized carbons (Fsp3) is 0.458. The van der Waals surface area contributed by atoms with Crippen LogP contribution in [0.25, 0.3) is 6.08 Å². The smallest absolute Gasteiger partial charge is 0.271 e. The molecule has 0 aliphatic carbocycles. The third kappa shape index (κ3) is 5.96. The molecule has 2 amide bonds. The Labute approximate surface area is 183 Å². The third-order valence-electron chi connectivity index (χ3n) is 5.10. The summed E-state index contributed by atoms with van der Waals surface area (Å²) in [5, 5.41) is 9.44. The van der Waals surface area contributed by atoms with Gasteiger partial charge in [-0.25, -0.2) is 0 Å². The molecule has 7 nitrogen and oxygen atoms in total. The number of nitriles is 1. The molecule has 0 aromatic heterocycles. The molecule has 1 heterocycles. The summed E-state index contributed by atoms with van der Waals surface area (Å²) in [6, 6.07) is 7.32. The van der Waals surface area contributed by atoms with Crippen molar-refractivity contribution in [1.29, 1.82) is 5.26 Å². The van der Waals surface area contributed by atoms with Crippen LogP contribution in [0.5, 0.6) is 11.5 Å². The Morgan fingerprint density at radius 1 is 1.06 bits per heavy atom. The van der Waals surface area contributed by atoms with Gasteiger partial charge in [0.1, 0.15) is 11.6 Å². The molecular formula is C24H30N2O5. The number of ether oxygens (including phenoxy) is 3. The molecule has 0 bridgehead atoms. The number of methoxy groups -OCH3 is 2. The maximum Gasteiger partial charge on any atom is 0.271 e. The van der Waals surface area contributed by atoms with Gasteiger partial charge < -0.3 is 14.2 Å². The van der Waals surface area contributed by atoms with E-state index in [-0.39, 0.29) is 18.7 Å². The second kappa shape index (κ2) is 11.9. The van der Waals surface area contributed by atoms with E-state index in [9.17, 15) is 14.9 Å². The highest BCUT2D eigenvalue weighted by Gasteiger charge is 2.35. The number of carbonyl (C=O) groups excluding carboxylic acids is 2. The third-order valence-corrected chi connectivity index (χ3v) is 5.10. The molecule has 0 atom stereocenters. The fourth-order valence-corrected chi connectivity index (χ4v) is 3.29. The molecule has 1 aromatic carbocycles. The first-order chi connectivity index (χ1) is 15.0. The van der Waals surface area contributed by atoms with E-state index < -0.39 is 11.8 Å². The minimum Gasteiger partial charge on any atom is -0.493 e. The number of hydrogen-bond donors (Lipinski definition) is 0. The van der Waals surface area contributed by atoms with Gasteiger partial charge in [-0.15, -0.1) is 0 Å². The van der Waals surface area contributed by atoms with Crippen LogP contribution >= 0.6 is 0 Å². The number of carbonyl (C=O) groups is 2. The van der Waals surface area contributed by atoms with Crippen molar-refractivity contribution in [3.63, 3.8) is 0 Å². The number of hydrogen-bond acceptors (Lipinski definition) is 6. The van der Waals surface area contributed by atoms with Crippen LogP contribution in [0.15, 0.2) is 34.9 Å². The fourth-order valence-electron chi connectivity index (χ4n) is 3.29. The molecule has 0 fully saturated rings. The van der Waals surface area contributed by atoms with Gasteiger partial charge in [0, 0.05) is 12.7 Å². The van der Waals surface area contributed by atoms with Gasteiger partial charge in [0.05, 0.1) is 26.9 Å². The number of rotatable bonds is 11.